The van der Waals surface area contributed by atoms with Crippen LogP contribution in [0, 0.1) is 0 Å². The van der Waals surface area contributed by atoms with Crippen LogP contribution in [0.5, 0.6) is 0 Å². The molecule has 0 amide bonds. The van der Waals surface area contributed by atoms with E-state index >= 15 is 0 Å². The number of nitrogens with zero attached hydrogens (tertiary/aromatic N) is 5. The molecule has 0 aliphatic rings. The molecule has 0 aliphatic carbocycles. The predicted molar refractivity (Wildman–Crippen MR) is 96.8 cm³/mol. The zero-order valence-corrected chi connectivity index (χ0v) is 15.5. The number of benzene rings is 1. The average Bonchev–Trinajstić information content (AvgIpc) is 3.26. The SMILES string of the molecule is CCn1c(CCOC)nnc1C(S)c1nc(-c2cccc(Cl)c2)no1. The van der Waals surface area contributed by atoms with Crippen molar-refractivity contribution in [1.82, 2.24) is 24.9 Å². The van der Waals surface area contributed by atoms with E-state index in [1.54, 1.807) is 19.2 Å². The van der Waals surface area contributed by atoms with Crippen LogP contribution in [-0.2, 0) is 17.7 Å². The standard InChI is InChI=1S/C16H18ClN5O2S/c1-3-22-12(7-8-23-2)19-20-15(22)13(25)16-18-14(21-24-16)10-5-4-6-11(17)9-10/h4-6,9,13,25H,3,7-8H2,1-2H3. The maximum atomic E-state index is 6.01. The summed E-state index contributed by atoms with van der Waals surface area (Å²) in [6.07, 6.45) is 0.676. The molecule has 2 aromatic heterocycles. The quantitative estimate of drug-likeness (QED) is 0.635. The normalized spacial score (nSPS) is 12.5. The van der Waals surface area contributed by atoms with E-state index in [2.05, 4.69) is 33.0 Å². The Morgan fingerprint density at radius 2 is 2.20 bits per heavy atom. The summed E-state index contributed by atoms with van der Waals surface area (Å²) in [5.41, 5.74) is 0.778. The highest BCUT2D eigenvalue weighted by molar-refractivity contribution is 7.80. The van der Waals surface area contributed by atoms with Crippen molar-refractivity contribution in [3.63, 3.8) is 0 Å². The molecule has 9 heteroatoms. The van der Waals surface area contributed by atoms with Crippen LogP contribution in [0.15, 0.2) is 28.8 Å². The van der Waals surface area contributed by atoms with Crippen LogP contribution >= 0.6 is 24.2 Å². The van der Waals surface area contributed by atoms with Gasteiger partial charge in [0.15, 0.2) is 5.82 Å². The minimum atomic E-state index is -0.468. The van der Waals surface area contributed by atoms with Crippen LogP contribution in [0.3, 0.4) is 0 Å². The van der Waals surface area contributed by atoms with Gasteiger partial charge in [-0.3, -0.25) is 0 Å². The van der Waals surface area contributed by atoms with Crippen LogP contribution in [0.25, 0.3) is 11.4 Å². The third-order valence-corrected chi connectivity index (χ3v) is 4.39. The topological polar surface area (TPSA) is 78.9 Å². The van der Waals surface area contributed by atoms with E-state index in [-0.39, 0.29) is 0 Å². The lowest BCUT2D eigenvalue weighted by Crippen LogP contribution is -2.10. The van der Waals surface area contributed by atoms with Gasteiger partial charge in [0.2, 0.25) is 11.7 Å². The number of thiol groups is 1. The van der Waals surface area contributed by atoms with Crippen molar-refractivity contribution in [3.8, 4) is 11.4 Å². The lowest BCUT2D eigenvalue weighted by Gasteiger charge is -2.09. The molecule has 1 atom stereocenters. The number of methoxy groups -OCH3 is 1. The molecule has 25 heavy (non-hydrogen) atoms. The highest BCUT2D eigenvalue weighted by Crippen LogP contribution is 2.28. The molecule has 0 saturated heterocycles. The summed E-state index contributed by atoms with van der Waals surface area (Å²) in [7, 11) is 1.66. The fraction of sp³-hybridized carbons (Fsp3) is 0.375. The molecular formula is C16H18ClN5O2S. The summed E-state index contributed by atoms with van der Waals surface area (Å²) in [5, 5.41) is 12.6. The van der Waals surface area contributed by atoms with Crippen LogP contribution in [0.4, 0.5) is 0 Å². The third-order valence-electron chi connectivity index (χ3n) is 3.71. The molecule has 132 valence electrons. The van der Waals surface area contributed by atoms with Crippen LogP contribution < -0.4 is 0 Å². The predicted octanol–water partition coefficient (Wildman–Crippen LogP) is 3.21. The van der Waals surface area contributed by atoms with Crippen molar-refractivity contribution in [2.75, 3.05) is 13.7 Å². The molecular weight excluding hydrogens is 362 g/mol. The maximum Gasteiger partial charge on any atom is 0.247 e. The summed E-state index contributed by atoms with van der Waals surface area (Å²) in [6, 6.07) is 7.27. The van der Waals surface area contributed by atoms with E-state index in [1.165, 1.54) is 0 Å². The molecule has 3 aromatic rings. The first-order chi connectivity index (χ1) is 12.1. The van der Waals surface area contributed by atoms with Gasteiger partial charge >= 0.3 is 0 Å². The van der Waals surface area contributed by atoms with Crippen molar-refractivity contribution in [3.05, 3.63) is 46.8 Å². The first-order valence-corrected chi connectivity index (χ1v) is 8.72. The number of hydrogen-bond acceptors (Lipinski definition) is 7. The molecule has 1 unspecified atom stereocenters. The Morgan fingerprint density at radius 1 is 1.36 bits per heavy atom. The Bertz CT molecular complexity index is 851. The third kappa shape index (κ3) is 3.86. The molecule has 3 rings (SSSR count). The smallest absolute Gasteiger partial charge is 0.247 e. The minimum Gasteiger partial charge on any atom is -0.384 e. The largest absolute Gasteiger partial charge is 0.384 e. The lowest BCUT2D eigenvalue weighted by molar-refractivity contribution is 0.199. The van der Waals surface area contributed by atoms with Gasteiger partial charge in [0.05, 0.1) is 6.61 Å². The Morgan fingerprint density at radius 3 is 2.92 bits per heavy atom. The molecule has 7 nitrogen and oxygen atoms in total. The number of ether oxygens (including phenoxy) is 1. The molecule has 0 saturated carbocycles. The summed E-state index contributed by atoms with van der Waals surface area (Å²) >= 11 is 10.6. The highest BCUT2D eigenvalue weighted by atomic mass is 35.5. The monoisotopic (exact) mass is 379 g/mol. The Hall–Kier alpha value is -1.90. The lowest BCUT2D eigenvalue weighted by atomic mass is 10.2. The molecule has 0 aliphatic heterocycles. The second kappa shape index (κ2) is 7.99. The number of hydrogen-bond donors (Lipinski definition) is 1. The average molecular weight is 380 g/mol. The van der Waals surface area contributed by atoms with E-state index in [9.17, 15) is 0 Å². The molecule has 1 aromatic carbocycles. The number of halogens is 1. The zero-order chi connectivity index (χ0) is 17.8. The Kier molecular flexibility index (Phi) is 5.72. The van der Waals surface area contributed by atoms with Gasteiger partial charge in [0.1, 0.15) is 11.1 Å². The van der Waals surface area contributed by atoms with Crippen molar-refractivity contribution in [2.24, 2.45) is 0 Å². The van der Waals surface area contributed by atoms with Crippen molar-refractivity contribution in [2.45, 2.75) is 25.1 Å². The molecule has 0 N–H and O–H groups in total. The van der Waals surface area contributed by atoms with Gasteiger partial charge in [0, 0.05) is 30.7 Å². The fourth-order valence-corrected chi connectivity index (χ4v) is 2.96. The van der Waals surface area contributed by atoms with Gasteiger partial charge in [-0.05, 0) is 19.1 Å². The summed E-state index contributed by atoms with van der Waals surface area (Å²) in [6.45, 7) is 3.32. The number of rotatable bonds is 7. The Balaban J connectivity index is 1.87. The van der Waals surface area contributed by atoms with Crippen molar-refractivity contribution >= 4 is 24.2 Å². The van der Waals surface area contributed by atoms with Gasteiger partial charge < -0.3 is 13.8 Å². The first-order valence-electron chi connectivity index (χ1n) is 7.82. The maximum absolute atomic E-state index is 6.01. The van der Waals surface area contributed by atoms with Crippen LogP contribution in [-0.4, -0.2) is 38.6 Å². The minimum absolute atomic E-state index is 0.360. The van der Waals surface area contributed by atoms with E-state index < -0.39 is 5.25 Å². The van der Waals surface area contributed by atoms with Gasteiger partial charge in [-0.1, -0.05) is 28.9 Å². The van der Waals surface area contributed by atoms with Gasteiger partial charge in [-0.15, -0.1) is 10.2 Å². The molecule has 2 heterocycles. The molecule has 0 spiro atoms. The second-order valence-electron chi connectivity index (χ2n) is 5.33. The van der Waals surface area contributed by atoms with Crippen molar-refractivity contribution in [1.29, 1.82) is 0 Å². The van der Waals surface area contributed by atoms with E-state index in [4.69, 9.17) is 20.9 Å². The van der Waals surface area contributed by atoms with Gasteiger partial charge in [-0.25, -0.2) is 0 Å². The van der Waals surface area contributed by atoms with E-state index in [0.29, 0.717) is 42.1 Å². The Labute approximate surface area is 155 Å². The molecule has 0 bridgehead atoms. The van der Waals surface area contributed by atoms with E-state index in [0.717, 1.165) is 11.4 Å². The summed E-state index contributed by atoms with van der Waals surface area (Å²) in [4.78, 5) is 4.43. The van der Waals surface area contributed by atoms with Gasteiger partial charge in [0.25, 0.3) is 0 Å². The van der Waals surface area contributed by atoms with E-state index in [1.807, 2.05) is 23.6 Å². The summed E-state index contributed by atoms with van der Waals surface area (Å²) < 4.78 is 12.5. The molecule has 0 radical (unpaired) electrons. The summed E-state index contributed by atoms with van der Waals surface area (Å²) in [5.74, 6) is 2.32. The van der Waals surface area contributed by atoms with Crippen molar-refractivity contribution < 1.29 is 9.26 Å². The number of aromatic nitrogens is 5. The highest BCUT2D eigenvalue weighted by Gasteiger charge is 2.24. The zero-order valence-electron chi connectivity index (χ0n) is 13.9. The second-order valence-corrected chi connectivity index (χ2v) is 6.28. The first kappa shape index (κ1) is 17.9. The fourth-order valence-electron chi connectivity index (χ4n) is 2.48. The van der Waals surface area contributed by atoms with Crippen LogP contribution in [0.1, 0.15) is 29.7 Å². The molecule has 0 fully saturated rings. The van der Waals surface area contributed by atoms with Crippen LogP contribution in [0.2, 0.25) is 5.02 Å². The van der Waals surface area contributed by atoms with Gasteiger partial charge in [-0.2, -0.15) is 17.6 Å².